The summed E-state index contributed by atoms with van der Waals surface area (Å²) in [7, 11) is 0. The molecule has 2 aromatic carbocycles. The number of aromatic nitrogens is 3. The van der Waals surface area contributed by atoms with Gasteiger partial charge in [0, 0.05) is 5.56 Å². The topological polar surface area (TPSA) is 108 Å². The number of nitrogens with zero attached hydrogens (tertiary/aromatic N) is 3. The maximum atomic E-state index is 13.8. The van der Waals surface area contributed by atoms with E-state index in [2.05, 4.69) is 15.0 Å². The Morgan fingerprint density at radius 1 is 1.12 bits per heavy atom. The maximum Gasteiger partial charge on any atom is 0.347 e. The molecule has 4 rings (SSSR count). The van der Waals surface area contributed by atoms with Crippen LogP contribution in [0.15, 0.2) is 47.0 Å². The average Bonchev–Trinajstić information content (AvgIpc) is 3.15. The summed E-state index contributed by atoms with van der Waals surface area (Å²) in [6.07, 6.45) is 1.43. The van der Waals surface area contributed by atoms with E-state index in [0.29, 0.717) is 22.7 Å². The summed E-state index contributed by atoms with van der Waals surface area (Å²) in [6.45, 7) is 6.60. The van der Waals surface area contributed by atoms with Crippen LogP contribution in [-0.4, -0.2) is 31.6 Å². The first-order valence-corrected chi connectivity index (χ1v) is 9.74. The highest BCUT2D eigenvalue weighted by atomic mass is 19.1. The predicted molar refractivity (Wildman–Crippen MR) is 113 cm³/mol. The normalized spacial score (nSPS) is 11.5. The molecule has 0 amide bonds. The molecule has 0 unspecified atom stereocenters. The van der Waals surface area contributed by atoms with E-state index in [0.717, 1.165) is 11.1 Å². The summed E-state index contributed by atoms with van der Waals surface area (Å²) >= 11 is 0. The van der Waals surface area contributed by atoms with Crippen molar-refractivity contribution in [1.29, 1.82) is 0 Å². The Labute approximate surface area is 182 Å². The summed E-state index contributed by atoms with van der Waals surface area (Å²) < 4.78 is 30.7. The monoisotopic (exact) mass is 437 g/mol. The standard InChI is InChI=1S/C23H20FN3O5/c1-12-9-14(10-13(2)18(12)32-23(3,4)21(28)29)19-26-16-11-25-22(27-20(16)31-19)30-17-8-6-5-7-15(17)24/h5-11H,1-4H3,(H,28,29). The van der Waals surface area contributed by atoms with Crippen LogP contribution in [0.25, 0.3) is 22.7 Å². The van der Waals surface area contributed by atoms with E-state index in [-0.39, 0.29) is 17.5 Å². The van der Waals surface area contributed by atoms with Crippen LogP contribution in [0.1, 0.15) is 25.0 Å². The SMILES string of the molecule is Cc1cc(-c2nc3cnc(Oc4ccccc4F)nc3o2)cc(C)c1OC(C)(C)C(=O)O. The minimum absolute atomic E-state index is 0.00212. The van der Waals surface area contributed by atoms with Gasteiger partial charge in [0.15, 0.2) is 17.2 Å². The molecule has 4 aromatic rings. The second-order valence-corrected chi connectivity index (χ2v) is 7.75. The Balaban J connectivity index is 1.65. The number of hydrogen-bond acceptors (Lipinski definition) is 7. The summed E-state index contributed by atoms with van der Waals surface area (Å²) in [4.78, 5) is 24.0. The molecule has 0 saturated carbocycles. The first kappa shape index (κ1) is 21.2. The van der Waals surface area contributed by atoms with Crippen LogP contribution in [0.4, 0.5) is 4.39 Å². The van der Waals surface area contributed by atoms with Gasteiger partial charge in [0.25, 0.3) is 5.71 Å². The van der Waals surface area contributed by atoms with Crippen LogP contribution in [-0.2, 0) is 4.79 Å². The van der Waals surface area contributed by atoms with Gasteiger partial charge in [-0.3, -0.25) is 0 Å². The number of rotatable bonds is 6. The molecule has 0 aliphatic rings. The van der Waals surface area contributed by atoms with Crippen molar-refractivity contribution in [2.24, 2.45) is 0 Å². The van der Waals surface area contributed by atoms with Gasteiger partial charge in [0.2, 0.25) is 5.89 Å². The molecule has 2 heterocycles. The van der Waals surface area contributed by atoms with Gasteiger partial charge >= 0.3 is 12.0 Å². The van der Waals surface area contributed by atoms with E-state index in [1.54, 1.807) is 24.3 Å². The van der Waals surface area contributed by atoms with E-state index in [9.17, 15) is 14.3 Å². The molecule has 1 N–H and O–H groups in total. The third-order valence-corrected chi connectivity index (χ3v) is 4.75. The highest BCUT2D eigenvalue weighted by molar-refractivity contribution is 5.77. The van der Waals surface area contributed by atoms with Crippen molar-refractivity contribution in [2.75, 3.05) is 0 Å². The van der Waals surface area contributed by atoms with Crippen LogP contribution >= 0.6 is 0 Å². The van der Waals surface area contributed by atoms with Crippen molar-refractivity contribution >= 4 is 17.2 Å². The number of ether oxygens (including phenoxy) is 2. The average molecular weight is 437 g/mol. The number of aliphatic carboxylic acids is 1. The van der Waals surface area contributed by atoms with E-state index >= 15 is 0 Å². The number of halogens is 1. The van der Waals surface area contributed by atoms with Crippen LogP contribution in [0, 0.1) is 19.7 Å². The molecule has 0 atom stereocenters. The van der Waals surface area contributed by atoms with Gasteiger partial charge in [0.1, 0.15) is 11.3 Å². The van der Waals surface area contributed by atoms with E-state index in [4.69, 9.17) is 13.9 Å². The number of hydrogen-bond donors (Lipinski definition) is 1. The van der Waals surface area contributed by atoms with Crippen LogP contribution < -0.4 is 9.47 Å². The van der Waals surface area contributed by atoms with Crippen LogP contribution in [0.2, 0.25) is 0 Å². The number of carboxylic acid groups (broad SMARTS) is 1. The maximum absolute atomic E-state index is 13.8. The molecular weight excluding hydrogens is 417 g/mol. The summed E-state index contributed by atoms with van der Waals surface area (Å²) in [5.41, 5.74) is 1.33. The lowest BCUT2D eigenvalue weighted by molar-refractivity contribution is -0.152. The van der Waals surface area contributed by atoms with Gasteiger partial charge in [-0.05, 0) is 63.1 Å². The number of fused-ring (bicyclic) bond motifs is 1. The molecule has 8 nitrogen and oxygen atoms in total. The van der Waals surface area contributed by atoms with Crippen molar-refractivity contribution in [1.82, 2.24) is 15.0 Å². The lowest BCUT2D eigenvalue weighted by Crippen LogP contribution is -2.38. The second-order valence-electron chi connectivity index (χ2n) is 7.75. The molecule has 164 valence electrons. The molecule has 0 aliphatic carbocycles. The van der Waals surface area contributed by atoms with Crippen molar-refractivity contribution in [3.63, 3.8) is 0 Å². The molecule has 0 spiro atoms. The zero-order valence-electron chi connectivity index (χ0n) is 17.8. The van der Waals surface area contributed by atoms with Gasteiger partial charge in [-0.1, -0.05) is 12.1 Å². The minimum Gasteiger partial charge on any atom is -0.478 e. The summed E-state index contributed by atoms with van der Waals surface area (Å²) in [5, 5.41) is 9.33. The largest absolute Gasteiger partial charge is 0.478 e. The zero-order chi connectivity index (χ0) is 23.0. The highest BCUT2D eigenvalue weighted by Gasteiger charge is 2.30. The lowest BCUT2D eigenvalue weighted by Gasteiger charge is -2.24. The van der Waals surface area contributed by atoms with Gasteiger partial charge in [-0.2, -0.15) is 4.98 Å². The summed E-state index contributed by atoms with van der Waals surface area (Å²) in [6, 6.07) is 9.43. The minimum atomic E-state index is -1.38. The van der Waals surface area contributed by atoms with Gasteiger partial charge < -0.3 is 19.0 Å². The van der Waals surface area contributed by atoms with Crippen molar-refractivity contribution in [3.8, 4) is 29.0 Å². The number of carbonyl (C=O) groups is 1. The zero-order valence-corrected chi connectivity index (χ0v) is 17.8. The summed E-state index contributed by atoms with van der Waals surface area (Å²) in [5.74, 6) is -0.817. The molecule has 0 fully saturated rings. The van der Waals surface area contributed by atoms with Gasteiger partial charge in [-0.15, -0.1) is 0 Å². The molecule has 0 radical (unpaired) electrons. The molecule has 9 heteroatoms. The Bertz CT molecular complexity index is 1310. The molecule has 0 aliphatic heterocycles. The Hall–Kier alpha value is -4.01. The quantitative estimate of drug-likeness (QED) is 0.445. The highest BCUT2D eigenvalue weighted by Crippen LogP contribution is 2.33. The van der Waals surface area contributed by atoms with E-state index < -0.39 is 17.4 Å². The van der Waals surface area contributed by atoms with E-state index in [1.807, 2.05) is 13.8 Å². The number of oxazole rings is 1. The fourth-order valence-electron chi connectivity index (χ4n) is 3.05. The van der Waals surface area contributed by atoms with Crippen LogP contribution in [0.5, 0.6) is 17.5 Å². The van der Waals surface area contributed by atoms with Crippen molar-refractivity contribution in [3.05, 3.63) is 59.5 Å². The second kappa shape index (κ2) is 7.92. The molecule has 32 heavy (non-hydrogen) atoms. The first-order valence-electron chi connectivity index (χ1n) is 9.74. The Morgan fingerprint density at radius 2 is 1.81 bits per heavy atom. The fourth-order valence-corrected chi connectivity index (χ4v) is 3.05. The first-order chi connectivity index (χ1) is 15.1. The molecule has 0 saturated heterocycles. The number of benzene rings is 2. The molecular formula is C23H20FN3O5. The van der Waals surface area contributed by atoms with Crippen molar-refractivity contribution in [2.45, 2.75) is 33.3 Å². The Morgan fingerprint density at radius 3 is 2.47 bits per heavy atom. The Kier molecular flexibility index (Phi) is 5.25. The number of aryl methyl sites for hydroxylation is 2. The third-order valence-electron chi connectivity index (χ3n) is 4.75. The molecule has 2 aromatic heterocycles. The van der Waals surface area contributed by atoms with Gasteiger partial charge in [0.05, 0.1) is 6.20 Å². The van der Waals surface area contributed by atoms with Crippen molar-refractivity contribution < 1.29 is 28.2 Å². The smallest absolute Gasteiger partial charge is 0.347 e. The third kappa shape index (κ3) is 4.09. The molecule has 0 bridgehead atoms. The number of para-hydroxylation sites is 1. The fraction of sp³-hybridized carbons (Fsp3) is 0.217. The van der Waals surface area contributed by atoms with Crippen LogP contribution in [0.3, 0.4) is 0 Å². The number of carboxylic acids is 1. The van der Waals surface area contributed by atoms with Gasteiger partial charge in [-0.25, -0.2) is 19.2 Å². The lowest BCUT2D eigenvalue weighted by atomic mass is 10.0. The predicted octanol–water partition coefficient (Wildman–Crippen LogP) is 5.08. The van der Waals surface area contributed by atoms with E-state index in [1.165, 1.54) is 32.2 Å².